The van der Waals surface area contributed by atoms with Crippen molar-refractivity contribution < 1.29 is 13.2 Å². The third kappa shape index (κ3) is 4.71. The molecule has 0 atom stereocenters. The third-order valence-electron chi connectivity index (χ3n) is 4.13. The lowest BCUT2D eigenvalue weighted by Crippen LogP contribution is -2.50. The summed E-state index contributed by atoms with van der Waals surface area (Å²) in [5.74, 6) is 0.118. The Kier molecular flexibility index (Phi) is 6.32. The monoisotopic (exact) mass is 462 g/mol. The predicted molar refractivity (Wildman–Crippen MR) is 105 cm³/mol. The van der Waals surface area contributed by atoms with Crippen molar-refractivity contribution in [3.63, 3.8) is 0 Å². The van der Waals surface area contributed by atoms with Crippen molar-refractivity contribution >= 4 is 54.5 Å². The van der Waals surface area contributed by atoms with Crippen LogP contribution in [0.5, 0.6) is 0 Å². The number of hydrogen-bond acceptors (Lipinski definition) is 5. The summed E-state index contributed by atoms with van der Waals surface area (Å²) < 4.78 is 27.8. The Morgan fingerprint density at radius 2 is 1.92 bits per heavy atom. The van der Waals surface area contributed by atoms with Crippen LogP contribution in [0.1, 0.15) is 17.7 Å². The van der Waals surface area contributed by atoms with Gasteiger partial charge < -0.3 is 4.90 Å². The third-order valence-corrected chi connectivity index (χ3v) is 9.05. The molecule has 0 bridgehead atoms. The van der Waals surface area contributed by atoms with Gasteiger partial charge in [0, 0.05) is 37.5 Å². The second kappa shape index (κ2) is 8.30. The molecule has 0 unspecified atom stereocenters. The van der Waals surface area contributed by atoms with Crippen LogP contribution in [0.15, 0.2) is 37.6 Å². The van der Waals surface area contributed by atoms with Gasteiger partial charge in [0.1, 0.15) is 4.21 Å². The average Bonchev–Trinajstić information content (AvgIpc) is 3.27. The van der Waals surface area contributed by atoms with Gasteiger partial charge in [0.15, 0.2) is 0 Å². The highest BCUT2D eigenvalue weighted by Gasteiger charge is 2.30. The second-order valence-corrected chi connectivity index (χ2v) is 11.4. The molecule has 0 saturated carbocycles. The summed E-state index contributed by atoms with van der Waals surface area (Å²) >= 11 is 6.22. The van der Waals surface area contributed by atoms with Crippen LogP contribution in [0.4, 0.5) is 0 Å². The van der Waals surface area contributed by atoms with Crippen LogP contribution >= 0.6 is 38.6 Å². The summed E-state index contributed by atoms with van der Waals surface area (Å²) in [6.45, 7) is 1.64. The molecule has 0 radical (unpaired) electrons. The molecule has 1 aliphatic rings. The Labute approximate surface area is 164 Å². The summed E-state index contributed by atoms with van der Waals surface area (Å²) in [6, 6.07) is 7.46. The van der Waals surface area contributed by atoms with Crippen molar-refractivity contribution in [1.29, 1.82) is 0 Å². The van der Waals surface area contributed by atoms with Gasteiger partial charge in [-0.05, 0) is 52.4 Å². The van der Waals surface area contributed by atoms with Crippen LogP contribution in [0.3, 0.4) is 0 Å². The first kappa shape index (κ1) is 19.0. The van der Waals surface area contributed by atoms with Crippen LogP contribution in [0.25, 0.3) is 0 Å². The molecule has 9 heteroatoms. The molecule has 0 spiro atoms. The van der Waals surface area contributed by atoms with Crippen LogP contribution < -0.4 is 0 Å². The van der Waals surface area contributed by atoms with Crippen molar-refractivity contribution in [1.82, 2.24) is 9.21 Å². The number of thiophene rings is 2. The fourth-order valence-electron chi connectivity index (χ4n) is 2.77. The number of halogens is 1. The average molecular weight is 463 g/mol. The van der Waals surface area contributed by atoms with E-state index in [0.29, 0.717) is 36.8 Å². The van der Waals surface area contributed by atoms with Gasteiger partial charge in [-0.1, -0.05) is 6.07 Å². The van der Waals surface area contributed by atoms with Gasteiger partial charge in [-0.15, -0.1) is 22.7 Å². The number of carbonyl (C=O) groups is 1. The molecule has 0 aromatic carbocycles. The van der Waals surface area contributed by atoms with E-state index in [0.717, 1.165) is 16.6 Å². The first-order chi connectivity index (χ1) is 12.0. The first-order valence-electron chi connectivity index (χ1n) is 8.02. The number of rotatable bonds is 6. The van der Waals surface area contributed by atoms with Crippen molar-refractivity contribution in [2.75, 3.05) is 26.2 Å². The maximum atomic E-state index is 12.6. The molecule has 0 aliphatic carbocycles. The molecule has 5 nitrogen and oxygen atoms in total. The van der Waals surface area contributed by atoms with Gasteiger partial charge >= 0.3 is 0 Å². The van der Waals surface area contributed by atoms with E-state index >= 15 is 0 Å². The Morgan fingerprint density at radius 1 is 1.16 bits per heavy atom. The number of aryl methyl sites for hydroxylation is 1. The Hall–Kier alpha value is -0.740. The fraction of sp³-hybridized carbons (Fsp3) is 0.438. The molecule has 3 rings (SSSR count). The van der Waals surface area contributed by atoms with Crippen LogP contribution in [0.2, 0.25) is 0 Å². The van der Waals surface area contributed by atoms with Crippen molar-refractivity contribution in [3.8, 4) is 0 Å². The smallest absolute Gasteiger partial charge is 0.252 e. The van der Waals surface area contributed by atoms with Gasteiger partial charge in [0.2, 0.25) is 5.91 Å². The predicted octanol–water partition coefficient (Wildman–Crippen LogP) is 3.43. The summed E-state index contributed by atoms with van der Waals surface area (Å²) in [4.78, 5) is 15.4. The van der Waals surface area contributed by atoms with E-state index in [4.69, 9.17) is 0 Å². The van der Waals surface area contributed by atoms with E-state index in [1.807, 2.05) is 11.4 Å². The highest BCUT2D eigenvalue weighted by atomic mass is 79.9. The molecule has 2 aromatic rings. The van der Waals surface area contributed by atoms with Gasteiger partial charge in [0.05, 0.1) is 3.79 Å². The van der Waals surface area contributed by atoms with Gasteiger partial charge in [-0.2, -0.15) is 4.31 Å². The zero-order chi connectivity index (χ0) is 17.9. The Bertz CT molecular complexity index is 810. The fourth-order valence-corrected chi connectivity index (χ4v) is 7.11. The first-order valence-corrected chi connectivity index (χ1v) is 12.0. The number of amides is 1. The normalized spacial score (nSPS) is 16.3. The van der Waals surface area contributed by atoms with Gasteiger partial charge in [-0.3, -0.25) is 4.79 Å². The maximum Gasteiger partial charge on any atom is 0.252 e. The van der Waals surface area contributed by atoms with E-state index in [1.165, 1.54) is 20.5 Å². The number of sulfonamides is 1. The van der Waals surface area contributed by atoms with E-state index in [-0.39, 0.29) is 5.91 Å². The van der Waals surface area contributed by atoms with Crippen LogP contribution in [-0.2, 0) is 21.2 Å². The molecule has 3 heterocycles. The Balaban J connectivity index is 1.48. The minimum atomic E-state index is -3.45. The second-order valence-electron chi connectivity index (χ2n) is 5.78. The summed E-state index contributed by atoms with van der Waals surface area (Å²) in [5.41, 5.74) is 0. The van der Waals surface area contributed by atoms with Crippen molar-refractivity contribution in [2.24, 2.45) is 0 Å². The highest BCUT2D eigenvalue weighted by molar-refractivity contribution is 9.11. The largest absolute Gasteiger partial charge is 0.340 e. The van der Waals surface area contributed by atoms with E-state index in [2.05, 4.69) is 22.0 Å². The van der Waals surface area contributed by atoms with Crippen molar-refractivity contribution in [3.05, 3.63) is 38.3 Å². The standard InChI is InChI=1S/C16H19BrN2O3S3/c17-14-6-7-16(24-14)25(21,22)19-10-8-18(9-11-19)15(20)5-1-3-13-4-2-12-23-13/h2,4,6-7,12H,1,3,5,8-11H2. The van der Waals surface area contributed by atoms with Crippen LogP contribution in [0, 0.1) is 0 Å². The number of hydrogen-bond donors (Lipinski definition) is 0. The van der Waals surface area contributed by atoms with E-state index < -0.39 is 10.0 Å². The van der Waals surface area contributed by atoms with E-state index in [9.17, 15) is 13.2 Å². The lowest BCUT2D eigenvalue weighted by Gasteiger charge is -2.33. The zero-order valence-corrected chi connectivity index (χ0v) is 17.6. The van der Waals surface area contributed by atoms with Crippen molar-refractivity contribution in [2.45, 2.75) is 23.5 Å². The summed E-state index contributed by atoms with van der Waals surface area (Å²) in [7, 11) is -3.45. The molecule has 136 valence electrons. The van der Waals surface area contributed by atoms with E-state index in [1.54, 1.807) is 28.4 Å². The molecule has 1 fully saturated rings. The number of carbonyl (C=O) groups excluding carboxylic acids is 1. The number of nitrogens with zero attached hydrogens (tertiary/aromatic N) is 2. The summed E-state index contributed by atoms with van der Waals surface area (Å²) in [5, 5.41) is 2.04. The summed E-state index contributed by atoms with van der Waals surface area (Å²) in [6.07, 6.45) is 2.27. The molecular formula is C16H19BrN2O3S3. The Morgan fingerprint density at radius 3 is 2.52 bits per heavy atom. The molecule has 1 amide bonds. The molecule has 0 N–H and O–H groups in total. The minimum absolute atomic E-state index is 0.118. The SMILES string of the molecule is O=C(CCCc1cccs1)N1CCN(S(=O)(=O)c2ccc(Br)s2)CC1. The molecule has 1 saturated heterocycles. The zero-order valence-electron chi connectivity index (χ0n) is 13.6. The van der Waals surface area contributed by atoms with Crippen LogP contribution in [-0.4, -0.2) is 49.7 Å². The lowest BCUT2D eigenvalue weighted by molar-refractivity contribution is -0.132. The van der Waals surface area contributed by atoms with Gasteiger partial charge in [-0.25, -0.2) is 8.42 Å². The molecule has 2 aromatic heterocycles. The maximum absolute atomic E-state index is 12.6. The minimum Gasteiger partial charge on any atom is -0.340 e. The lowest BCUT2D eigenvalue weighted by atomic mass is 10.2. The molecular weight excluding hydrogens is 444 g/mol. The molecule has 25 heavy (non-hydrogen) atoms. The molecule has 1 aliphatic heterocycles. The topological polar surface area (TPSA) is 57.7 Å². The number of piperazine rings is 1. The highest BCUT2D eigenvalue weighted by Crippen LogP contribution is 2.29. The quantitative estimate of drug-likeness (QED) is 0.660. The van der Waals surface area contributed by atoms with Gasteiger partial charge in [0.25, 0.3) is 10.0 Å².